The van der Waals surface area contributed by atoms with Crippen molar-refractivity contribution in [3.63, 3.8) is 0 Å². The predicted molar refractivity (Wildman–Crippen MR) is 112 cm³/mol. The van der Waals surface area contributed by atoms with E-state index in [1.54, 1.807) is 25.1 Å². The standard InChI is InChI=1S/C23H13Cl2FO4/c1-12-19(30-23(28)13-5-2-3-8-18(13)26)10-9-14-21(27)20(29-22(12)14)11-15-16(24)6-4-7-17(15)25/h2-11H,1H3/b20-11-. The molecule has 0 saturated carbocycles. The lowest BCUT2D eigenvalue weighted by atomic mass is 10.1. The molecule has 7 heteroatoms. The number of ether oxygens (including phenoxy) is 2. The molecule has 4 nitrogen and oxygen atoms in total. The summed E-state index contributed by atoms with van der Waals surface area (Å²) in [6.45, 7) is 1.64. The van der Waals surface area contributed by atoms with E-state index >= 15 is 0 Å². The Morgan fingerprint density at radius 3 is 2.43 bits per heavy atom. The quantitative estimate of drug-likeness (QED) is 0.272. The first kappa shape index (κ1) is 20.1. The van der Waals surface area contributed by atoms with E-state index in [1.165, 1.54) is 42.5 Å². The molecule has 0 amide bonds. The maximum absolute atomic E-state index is 13.8. The predicted octanol–water partition coefficient (Wildman–Crippen LogP) is 6.28. The number of hydrogen-bond donors (Lipinski definition) is 0. The van der Waals surface area contributed by atoms with E-state index in [1.807, 2.05) is 0 Å². The van der Waals surface area contributed by atoms with Gasteiger partial charge in [0.25, 0.3) is 0 Å². The van der Waals surface area contributed by atoms with Crippen LogP contribution in [0, 0.1) is 12.7 Å². The molecule has 150 valence electrons. The zero-order valence-corrected chi connectivity index (χ0v) is 17.1. The van der Waals surface area contributed by atoms with Crippen molar-refractivity contribution < 1.29 is 23.5 Å². The van der Waals surface area contributed by atoms with Crippen LogP contribution in [0.4, 0.5) is 4.39 Å². The minimum Gasteiger partial charge on any atom is -0.452 e. The number of carbonyl (C=O) groups is 2. The largest absolute Gasteiger partial charge is 0.452 e. The number of carbonyl (C=O) groups excluding carboxylic acids is 2. The van der Waals surface area contributed by atoms with E-state index in [0.29, 0.717) is 26.7 Å². The van der Waals surface area contributed by atoms with E-state index < -0.39 is 11.8 Å². The number of rotatable bonds is 3. The maximum atomic E-state index is 13.8. The van der Waals surface area contributed by atoms with Crippen LogP contribution in [0.15, 0.2) is 60.4 Å². The van der Waals surface area contributed by atoms with Crippen LogP contribution in [0.5, 0.6) is 11.5 Å². The summed E-state index contributed by atoms with van der Waals surface area (Å²) in [6.07, 6.45) is 1.47. The van der Waals surface area contributed by atoms with Crippen molar-refractivity contribution in [2.24, 2.45) is 0 Å². The molecule has 0 radical (unpaired) electrons. The Labute approximate surface area is 181 Å². The first-order valence-electron chi connectivity index (χ1n) is 8.85. The second-order valence-corrected chi connectivity index (χ2v) is 7.32. The minimum absolute atomic E-state index is 0.0423. The summed E-state index contributed by atoms with van der Waals surface area (Å²) in [5, 5.41) is 0.747. The van der Waals surface area contributed by atoms with Gasteiger partial charge in [-0.25, -0.2) is 9.18 Å². The Morgan fingerprint density at radius 2 is 1.73 bits per heavy atom. The Bertz CT molecular complexity index is 1210. The molecule has 0 aromatic heterocycles. The fraction of sp³-hybridized carbons (Fsp3) is 0.0435. The van der Waals surface area contributed by atoms with E-state index in [9.17, 15) is 14.0 Å². The molecule has 0 N–H and O–H groups in total. The summed E-state index contributed by atoms with van der Waals surface area (Å²) in [6, 6.07) is 13.5. The van der Waals surface area contributed by atoms with E-state index in [-0.39, 0.29) is 28.6 Å². The van der Waals surface area contributed by atoms with Gasteiger partial charge in [0.2, 0.25) is 5.78 Å². The van der Waals surface area contributed by atoms with Gasteiger partial charge < -0.3 is 9.47 Å². The van der Waals surface area contributed by atoms with Gasteiger partial charge >= 0.3 is 5.97 Å². The van der Waals surface area contributed by atoms with E-state index in [4.69, 9.17) is 32.7 Å². The second-order valence-electron chi connectivity index (χ2n) is 6.51. The van der Waals surface area contributed by atoms with E-state index in [2.05, 4.69) is 0 Å². The number of fused-ring (bicyclic) bond motifs is 1. The number of ketones is 1. The van der Waals surface area contributed by atoms with Gasteiger partial charge in [-0.05, 0) is 49.4 Å². The lowest BCUT2D eigenvalue weighted by Gasteiger charge is -2.10. The fourth-order valence-electron chi connectivity index (χ4n) is 3.04. The van der Waals surface area contributed by atoms with Gasteiger partial charge in [0.15, 0.2) is 5.76 Å². The molecule has 0 atom stereocenters. The number of Topliss-reactive ketones (excluding diaryl/α,β-unsaturated/α-hetero) is 1. The van der Waals surface area contributed by atoms with Crippen molar-refractivity contribution in [2.75, 3.05) is 0 Å². The van der Waals surface area contributed by atoms with E-state index in [0.717, 1.165) is 0 Å². The van der Waals surface area contributed by atoms with Crippen LogP contribution in [-0.2, 0) is 0 Å². The van der Waals surface area contributed by atoms with Gasteiger partial charge in [-0.2, -0.15) is 0 Å². The SMILES string of the molecule is Cc1c(OC(=O)c2ccccc2F)ccc2c1O/C(=C\c1c(Cl)cccc1Cl)C2=O. The molecule has 0 bridgehead atoms. The zero-order chi connectivity index (χ0) is 21.4. The molecule has 4 rings (SSSR count). The Balaban J connectivity index is 1.66. The Hall–Kier alpha value is -3.15. The molecule has 0 unspecified atom stereocenters. The number of hydrogen-bond acceptors (Lipinski definition) is 4. The third kappa shape index (κ3) is 3.58. The first-order chi connectivity index (χ1) is 14.4. The lowest BCUT2D eigenvalue weighted by Crippen LogP contribution is -2.11. The molecule has 30 heavy (non-hydrogen) atoms. The summed E-state index contributed by atoms with van der Waals surface area (Å²) in [7, 11) is 0. The number of benzene rings is 3. The van der Waals surface area contributed by atoms with Gasteiger partial charge in [0, 0.05) is 21.2 Å². The highest BCUT2D eigenvalue weighted by atomic mass is 35.5. The lowest BCUT2D eigenvalue weighted by molar-refractivity contribution is 0.0728. The van der Waals surface area contributed by atoms with Gasteiger partial charge in [0.1, 0.15) is 17.3 Å². The third-order valence-electron chi connectivity index (χ3n) is 4.61. The van der Waals surface area contributed by atoms with Crippen LogP contribution in [0.1, 0.15) is 31.8 Å². The van der Waals surface area contributed by atoms with Crippen molar-refractivity contribution in [1.29, 1.82) is 0 Å². The third-order valence-corrected chi connectivity index (χ3v) is 5.27. The molecule has 0 spiro atoms. The molecule has 3 aromatic rings. The molecule has 1 aliphatic heterocycles. The van der Waals surface area contributed by atoms with Crippen molar-refractivity contribution in [3.8, 4) is 11.5 Å². The van der Waals surface area contributed by atoms with Crippen LogP contribution in [0.2, 0.25) is 10.0 Å². The Morgan fingerprint density at radius 1 is 1.03 bits per heavy atom. The van der Waals surface area contributed by atoms with Crippen LogP contribution in [-0.4, -0.2) is 11.8 Å². The smallest absolute Gasteiger partial charge is 0.346 e. The highest BCUT2D eigenvalue weighted by molar-refractivity contribution is 6.37. The monoisotopic (exact) mass is 442 g/mol. The molecule has 0 aliphatic carbocycles. The van der Waals surface area contributed by atoms with Gasteiger partial charge in [-0.1, -0.05) is 41.4 Å². The summed E-state index contributed by atoms with van der Waals surface area (Å²) in [5.41, 5.74) is 1.01. The summed E-state index contributed by atoms with van der Waals surface area (Å²) in [5.74, 6) is -1.43. The van der Waals surface area contributed by atoms with Crippen LogP contribution < -0.4 is 9.47 Å². The molecule has 3 aromatic carbocycles. The molecule has 0 saturated heterocycles. The molecule has 1 aliphatic rings. The fourth-order valence-corrected chi connectivity index (χ4v) is 3.55. The maximum Gasteiger partial charge on any atom is 0.346 e. The van der Waals surface area contributed by atoms with Crippen LogP contribution >= 0.6 is 23.2 Å². The summed E-state index contributed by atoms with van der Waals surface area (Å²) < 4.78 is 24.9. The summed E-state index contributed by atoms with van der Waals surface area (Å²) in [4.78, 5) is 25.1. The molecular weight excluding hydrogens is 430 g/mol. The minimum atomic E-state index is -0.848. The van der Waals surface area contributed by atoms with Crippen molar-refractivity contribution in [2.45, 2.75) is 6.92 Å². The average molecular weight is 443 g/mol. The van der Waals surface area contributed by atoms with Gasteiger partial charge in [0.05, 0.1) is 11.1 Å². The molecule has 0 fully saturated rings. The normalized spacial score (nSPS) is 13.9. The zero-order valence-electron chi connectivity index (χ0n) is 15.5. The topological polar surface area (TPSA) is 52.6 Å². The van der Waals surface area contributed by atoms with Crippen LogP contribution in [0.25, 0.3) is 6.08 Å². The number of halogens is 3. The summed E-state index contributed by atoms with van der Waals surface area (Å²) >= 11 is 12.3. The highest BCUT2D eigenvalue weighted by Crippen LogP contribution is 2.40. The van der Waals surface area contributed by atoms with Crippen LogP contribution in [0.3, 0.4) is 0 Å². The molecule has 1 heterocycles. The highest BCUT2D eigenvalue weighted by Gasteiger charge is 2.31. The molecular formula is C23H13Cl2FO4. The second kappa shape index (κ2) is 7.94. The van der Waals surface area contributed by atoms with Crippen molar-refractivity contribution in [1.82, 2.24) is 0 Å². The first-order valence-corrected chi connectivity index (χ1v) is 9.61. The van der Waals surface area contributed by atoms with Crippen molar-refractivity contribution >= 4 is 41.0 Å². The van der Waals surface area contributed by atoms with Gasteiger partial charge in [-0.3, -0.25) is 4.79 Å². The van der Waals surface area contributed by atoms with Crippen molar-refractivity contribution in [3.05, 3.63) is 98.5 Å². The number of esters is 1. The average Bonchev–Trinajstić information content (AvgIpc) is 3.03. The van der Waals surface area contributed by atoms with Gasteiger partial charge in [-0.15, -0.1) is 0 Å². The Kier molecular flexibility index (Phi) is 5.33. The number of allylic oxidation sites excluding steroid dienone is 1.